The van der Waals surface area contributed by atoms with E-state index in [1.54, 1.807) is 7.11 Å². The third-order valence-electron chi connectivity index (χ3n) is 3.12. The minimum Gasteiger partial charge on any atom is -0.382 e. The second-order valence-corrected chi connectivity index (χ2v) is 4.32. The zero-order chi connectivity index (χ0) is 13.2. The molecule has 6 nitrogen and oxygen atoms in total. The molecule has 1 aliphatic rings. The molecule has 1 rings (SSSR count). The molecule has 1 saturated heterocycles. The van der Waals surface area contributed by atoms with Crippen LogP contribution in [-0.2, 0) is 9.47 Å². The van der Waals surface area contributed by atoms with Gasteiger partial charge in [-0.3, -0.25) is 10.4 Å². The maximum Gasteiger partial charge on any atom is 0.208 e. The molecule has 0 bridgehead atoms. The Hall–Kier alpha value is -0.850. The molecule has 18 heavy (non-hydrogen) atoms. The third kappa shape index (κ3) is 5.20. The summed E-state index contributed by atoms with van der Waals surface area (Å²) in [5.74, 6) is 6.31. The Labute approximate surface area is 109 Å². The number of nitrogens with two attached hydrogens (primary N) is 1. The lowest BCUT2D eigenvalue weighted by atomic mass is 10.1. The zero-order valence-electron chi connectivity index (χ0n) is 11.5. The summed E-state index contributed by atoms with van der Waals surface area (Å²) in [5.41, 5.74) is 2.69. The SMILES string of the molecule is CCOCCCN=C(NN)N1CCC(OC)CC1. The Kier molecular flexibility index (Phi) is 7.71. The number of methoxy groups -OCH3 is 1. The van der Waals surface area contributed by atoms with Gasteiger partial charge in [-0.05, 0) is 26.2 Å². The highest BCUT2D eigenvalue weighted by molar-refractivity contribution is 5.79. The van der Waals surface area contributed by atoms with Crippen LogP contribution in [0.1, 0.15) is 26.2 Å². The van der Waals surface area contributed by atoms with E-state index in [2.05, 4.69) is 15.3 Å². The highest BCUT2D eigenvalue weighted by atomic mass is 16.5. The number of nitrogens with one attached hydrogen (secondary N) is 1. The zero-order valence-corrected chi connectivity index (χ0v) is 11.5. The first-order valence-corrected chi connectivity index (χ1v) is 6.68. The van der Waals surface area contributed by atoms with Crippen LogP contribution in [0.4, 0.5) is 0 Å². The Balaban J connectivity index is 2.29. The molecule has 0 aliphatic carbocycles. The van der Waals surface area contributed by atoms with Gasteiger partial charge in [-0.25, -0.2) is 5.84 Å². The van der Waals surface area contributed by atoms with Gasteiger partial charge in [-0.2, -0.15) is 0 Å². The topological polar surface area (TPSA) is 72.1 Å². The van der Waals surface area contributed by atoms with E-state index in [1.165, 1.54) is 0 Å². The minimum absolute atomic E-state index is 0.373. The van der Waals surface area contributed by atoms with Crippen molar-refractivity contribution in [3.63, 3.8) is 0 Å². The number of aliphatic imine (C=N–C) groups is 1. The van der Waals surface area contributed by atoms with Crippen LogP contribution in [0.5, 0.6) is 0 Å². The van der Waals surface area contributed by atoms with Crippen LogP contribution in [0, 0.1) is 0 Å². The largest absolute Gasteiger partial charge is 0.382 e. The number of rotatable bonds is 6. The van der Waals surface area contributed by atoms with Crippen LogP contribution in [-0.4, -0.2) is 56.9 Å². The quantitative estimate of drug-likeness (QED) is 0.236. The van der Waals surface area contributed by atoms with E-state index in [9.17, 15) is 0 Å². The van der Waals surface area contributed by atoms with Gasteiger partial charge in [0.15, 0.2) is 0 Å². The summed E-state index contributed by atoms with van der Waals surface area (Å²) in [6, 6.07) is 0. The predicted molar refractivity (Wildman–Crippen MR) is 72.3 cm³/mol. The van der Waals surface area contributed by atoms with Gasteiger partial charge in [0, 0.05) is 40.0 Å². The van der Waals surface area contributed by atoms with E-state index in [-0.39, 0.29) is 0 Å². The lowest BCUT2D eigenvalue weighted by Crippen LogP contribution is -2.49. The number of hydrazine groups is 1. The molecule has 0 spiro atoms. The van der Waals surface area contributed by atoms with Gasteiger partial charge >= 0.3 is 0 Å². The van der Waals surface area contributed by atoms with Crippen molar-refractivity contribution in [1.82, 2.24) is 10.3 Å². The number of likely N-dealkylation sites (tertiary alicyclic amines) is 1. The first-order chi connectivity index (χ1) is 8.81. The summed E-state index contributed by atoms with van der Waals surface area (Å²) in [6.07, 6.45) is 3.35. The minimum atomic E-state index is 0.373. The van der Waals surface area contributed by atoms with Gasteiger partial charge in [0.1, 0.15) is 0 Å². The molecule has 0 radical (unpaired) electrons. The maximum atomic E-state index is 5.53. The average Bonchev–Trinajstić information content (AvgIpc) is 2.43. The fourth-order valence-electron chi connectivity index (χ4n) is 2.04. The van der Waals surface area contributed by atoms with Crippen molar-refractivity contribution in [2.24, 2.45) is 10.8 Å². The summed E-state index contributed by atoms with van der Waals surface area (Å²) in [7, 11) is 1.77. The van der Waals surface area contributed by atoms with Crippen LogP contribution in [0.3, 0.4) is 0 Å². The van der Waals surface area contributed by atoms with E-state index in [0.29, 0.717) is 6.10 Å². The van der Waals surface area contributed by atoms with Crippen molar-refractivity contribution in [1.29, 1.82) is 0 Å². The summed E-state index contributed by atoms with van der Waals surface area (Å²) in [4.78, 5) is 6.65. The molecule has 0 atom stereocenters. The van der Waals surface area contributed by atoms with Crippen LogP contribution in [0.15, 0.2) is 4.99 Å². The molecule has 6 heteroatoms. The van der Waals surface area contributed by atoms with Crippen LogP contribution < -0.4 is 11.3 Å². The molecule has 3 N–H and O–H groups in total. The number of piperidine rings is 1. The summed E-state index contributed by atoms with van der Waals surface area (Å²) < 4.78 is 10.6. The second-order valence-electron chi connectivity index (χ2n) is 4.32. The van der Waals surface area contributed by atoms with Crippen molar-refractivity contribution in [2.45, 2.75) is 32.3 Å². The van der Waals surface area contributed by atoms with Gasteiger partial charge in [0.25, 0.3) is 0 Å². The van der Waals surface area contributed by atoms with Crippen LogP contribution >= 0.6 is 0 Å². The smallest absolute Gasteiger partial charge is 0.208 e. The van der Waals surface area contributed by atoms with Gasteiger partial charge in [0.05, 0.1) is 6.10 Å². The van der Waals surface area contributed by atoms with Crippen LogP contribution in [0.2, 0.25) is 0 Å². The normalized spacial score (nSPS) is 18.2. The molecule has 0 aromatic heterocycles. The van der Waals surface area contributed by atoms with Crippen molar-refractivity contribution < 1.29 is 9.47 Å². The highest BCUT2D eigenvalue weighted by Crippen LogP contribution is 2.12. The predicted octanol–water partition coefficient (Wildman–Crippen LogP) is 0.343. The molecule has 106 valence electrons. The van der Waals surface area contributed by atoms with E-state index in [4.69, 9.17) is 15.3 Å². The summed E-state index contributed by atoms with van der Waals surface area (Å²) in [6.45, 7) is 6.12. The molecule has 0 amide bonds. The van der Waals surface area contributed by atoms with Crippen molar-refractivity contribution in [3.05, 3.63) is 0 Å². The fourth-order valence-corrected chi connectivity index (χ4v) is 2.04. The first-order valence-electron chi connectivity index (χ1n) is 6.68. The molecule has 0 unspecified atom stereocenters. The van der Waals surface area contributed by atoms with Gasteiger partial charge in [-0.1, -0.05) is 0 Å². The Bertz CT molecular complexity index is 240. The molecular formula is C12H26N4O2. The Morgan fingerprint density at radius 3 is 2.72 bits per heavy atom. The lowest BCUT2D eigenvalue weighted by molar-refractivity contribution is 0.0570. The van der Waals surface area contributed by atoms with Gasteiger partial charge in [-0.15, -0.1) is 0 Å². The monoisotopic (exact) mass is 258 g/mol. The number of guanidine groups is 1. The number of ether oxygens (including phenoxy) is 2. The summed E-state index contributed by atoms with van der Waals surface area (Å²) >= 11 is 0. The van der Waals surface area contributed by atoms with Crippen LogP contribution in [0.25, 0.3) is 0 Å². The molecule has 1 heterocycles. The number of hydrogen-bond donors (Lipinski definition) is 2. The van der Waals surface area contributed by atoms with Crippen molar-refractivity contribution in [2.75, 3.05) is 40.0 Å². The molecule has 0 aromatic rings. The number of hydrogen-bond acceptors (Lipinski definition) is 4. The standard InChI is InChI=1S/C12H26N4O2/c1-3-18-10-4-7-14-12(15-13)16-8-5-11(17-2)6-9-16/h11H,3-10,13H2,1-2H3,(H,14,15). The molecule has 1 fully saturated rings. The first kappa shape index (κ1) is 15.2. The van der Waals surface area contributed by atoms with Gasteiger partial charge < -0.3 is 14.4 Å². The molecular weight excluding hydrogens is 232 g/mol. The van der Waals surface area contributed by atoms with E-state index in [1.807, 2.05) is 6.92 Å². The molecule has 0 aromatic carbocycles. The lowest BCUT2D eigenvalue weighted by Gasteiger charge is -2.33. The fraction of sp³-hybridized carbons (Fsp3) is 0.917. The molecule has 1 aliphatic heterocycles. The maximum absolute atomic E-state index is 5.53. The Morgan fingerprint density at radius 2 is 2.17 bits per heavy atom. The van der Waals surface area contributed by atoms with E-state index < -0.39 is 0 Å². The molecule has 0 saturated carbocycles. The average molecular weight is 258 g/mol. The van der Waals surface area contributed by atoms with Gasteiger partial charge in [0.2, 0.25) is 5.96 Å². The Morgan fingerprint density at radius 1 is 1.44 bits per heavy atom. The second kappa shape index (κ2) is 9.13. The van der Waals surface area contributed by atoms with E-state index in [0.717, 1.165) is 58.1 Å². The van der Waals surface area contributed by atoms with Crippen molar-refractivity contribution in [3.8, 4) is 0 Å². The number of nitrogens with zero attached hydrogens (tertiary/aromatic N) is 2. The summed E-state index contributed by atoms with van der Waals surface area (Å²) in [5, 5.41) is 0. The van der Waals surface area contributed by atoms with Crippen molar-refractivity contribution >= 4 is 5.96 Å². The highest BCUT2D eigenvalue weighted by Gasteiger charge is 2.20. The third-order valence-corrected chi connectivity index (χ3v) is 3.12. The van der Waals surface area contributed by atoms with E-state index >= 15 is 0 Å².